The molecule has 0 aromatic heterocycles. The predicted molar refractivity (Wildman–Crippen MR) is 69.2 cm³/mol. The zero-order valence-corrected chi connectivity index (χ0v) is 11.4. The van der Waals surface area contributed by atoms with Gasteiger partial charge in [0, 0.05) is 0 Å². The molecule has 16 heavy (non-hydrogen) atoms. The van der Waals surface area contributed by atoms with E-state index < -0.39 is 5.60 Å². The molecule has 0 heterocycles. The molecule has 0 bridgehead atoms. The van der Waals surface area contributed by atoms with Crippen molar-refractivity contribution in [2.75, 3.05) is 6.54 Å². The van der Waals surface area contributed by atoms with Gasteiger partial charge in [0.05, 0.1) is 5.60 Å². The molecule has 3 unspecified atom stereocenters. The van der Waals surface area contributed by atoms with Gasteiger partial charge < -0.3 is 10.8 Å². The summed E-state index contributed by atoms with van der Waals surface area (Å²) < 4.78 is 0. The summed E-state index contributed by atoms with van der Waals surface area (Å²) in [6, 6.07) is 0. The lowest BCUT2D eigenvalue weighted by atomic mass is 9.61. The minimum Gasteiger partial charge on any atom is -0.390 e. The Balaban J connectivity index is 2.80. The molecule has 2 nitrogen and oxygen atoms in total. The summed E-state index contributed by atoms with van der Waals surface area (Å²) in [6.45, 7) is 9.59. The van der Waals surface area contributed by atoms with E-state index in [-0.39, 0.29) is 11.3 Å². The van der Waals surface area contributed by atoms with Gasteiger partial charge in [0.2, 0.25) is 0 Å². The Labute approximate surface area is 101 Å². The first-order valence-electron chi connectivity index (χ1n) is 6.75. The van der Waals surface area contributed by atoms with Crippen LogP contribution in [-0.4, -0.2) is 17.3 Å². The quantitative estimate of drug-likeness (QED) is 0.775. The maximum Gasteiger partial charge on any atom is 0.0695 e. The van der Waals surface area contributed by atoms with Gasteiger partial charge in [-0.2, -0.15) is 0 Å². The maximum absolute atomic E-state index is 10.9. The molecule has 0 radical (unpaired) electrons. The van der Waals surface area contributed by atoms with Crippen LogP contribution >= 0.6 is 0 Å². The van der Waals surface area contributed by atoms with Crippen LogP contribution in [0.25, 0.3) is 0 Å². The fourth-order valence-electron chi connectivity index (χ4n) is 3.86. The molecule has 0 aliphatic heterocycles. The van der Waals surface area contributed by atoms with Crippen LogP contribution in [0.4, 0.5) is 0 Å². The van der Waals surface area contributed by atoms with E-state index in [4.69, 9.17) is 5.73 Å². The van der Waals surface area contributed by atoms with Gasteiger partial charge in [-0.1, -0.05) is 34.1 Å². The first-order chi connectivity index (χ1) is 7.33. The summed E-state index contributed by atoms with van der Waals surface area (Å²) in [4.78, 5) is 0. The Morgan fingerprint density at radius 3 is 2.44 bits per heavy atom. The number of rotatable bonds is 4. The van der Waals surface area contributed by atoms with E-state index in [9.17, 15) is 5.11 Å². The molecule has 1 fully saturated rings. The van der Waals surface area contributed by atoms with E-state index >= 15 is 0 Å². The molecular weight excluding hydrogens is 198 g/mol. The van der Waals surface area contributed by atoms with Crippen molar-refractivity contribution in [2.45, 2.75) is 65.4 Å². The van der Waals surface area contributed by atoms with Gasteiger partial charge in [-0.05, 0) is 49.5 Å². The number of hydrogen-bond donors (Lipinski definition) is 2. The number of aliphatic hydroxyl groups is 1. The van der Waals surface area contributed by atoms with Crippen molar-refractivity contribution in [3.63, 3.8) is 0 Å². The smallest absolute Gasteiger partial charge is 0.0695 e. The number of nitrogens with two attached hydrogens (primary N) is 1. The van der Waals surface area contributed by atoms with Crippen LogP contribution in [0, 0.1) is 17.3 Å². The van der Waals surface area contributed by atoms with E-state index in [0.717, 1.165) is 25.7 Å². The molecule has 3 atom stereocenters. The Bertz CT molecular complexity index is 227. The summed E-state index contributed by atoms with van der Waals surface area (Å²) in [5.74, 6) is 0.888. The van der Waals surface area contributed by atoms with Gasteiger partial charge in [0.1, 0.15) is 0 Å². The Morgan fingerprint density at radius 2 is 2.00 bits per heavy atom. The second kappa shape index (κ2) is 5.05. The highest BCUT2D eigenvalue weighted by molar-refractivity contribution is 4.97. The predicted octanol–water partition coefficient (Wildman–Crippen LogP) is 2.94. The van der Waals surface area contributed by atoms with Crippen molar-refractivity contribution in [3.8, 4) is 0 Å². The lowest BCUT2D eigenvalue weighted by Crippen LogP contribution is -2.49. The van der Waals surface area contributed by atoms with E-state index in [1.807, 2.05) is 0 Å². The molecule has 0 spiro atoms. The molecule has 0 aromatic carbocycles. The average Bonchev–Trinajstić information content (AvgIpc) is 2.09. The van der Waals surface area contributed by atoms with Crippen LogP contribution in [0.15, 0.2) is 0 Å². The van der Waals surface area contributed by atoms with Crippen molar-refractivity contribution in [2.24, 2.45) is 23.0 Å². The molecule has 0 saturated heterocycles. The van der Waals surface area contributed by atoms with Crippen molar-refractivity contribution >= 4 is 0 Å². The third-order valence-corrected chi connectivity index (χ3v) is 4.07. The van der Waals surface area contributed by atoms with Gasteiger partial charge in [-0.25, -0.2) is 0 Å². The summed E-state index contributed by atoms with van der Waals surface area (Å²) >= 11 is 0. The molecule has 1 rings (SSSR count). The largest absolute Gasteiger partial charge is 0.390 e. The maximum atomic E-state index is 10.9. The minimum atomic E-state index is -0.522. The van der Waals surface area contributed by atoms with Crippen molar-refractivity contribution < 1.29 is 5.11 Å². The summed E-state index contributed by atoms with van der Waals surface area (Å²) in [5.41, 5.74) is 5.58. The fourth-order valence-corrected chi connectivity index (χ4v) is 3.86. The van der Waals surface area contributed by atoms with E-state index in [0.29, 0.717) is 12.5 Å². The molecule has 2 heteroatoms. The van der Waals surface area contributed by atoms with Gasteiger partial charge in [-0.15, -0.1) is 0 Å². The molecule has 1 aliphatic rings. The number of hydrogen-bond acceptors (Lipinski definition) is 2. The first-order valence-corrected chi connectivity index (χ1v) is 6.75. The third-order valence-electron chi connectivity index (χ3n) is 4.07. The Hall–Kier alpha value is -0.0800. The Morgan fingerprint density at radius 1 is 1.38 bits per heavy atom. The molecule has 1 saturated carbocycles. The SMILES string of the molecule is CCCC(CN)C1(O)CC(C)CC(C)(C)C1. The van der Waals surface area contributed by atoms with Crippen LogP contribution in [0.2, 0.25) is 0 Å². The molecular formula is C14H29NO. The summed E-state index contributed by atoms with van der Waals surface area (Å²) in [6.07, 6.45) is 5.22. The topological polar surface area (TPSA) is 46.2 Å². The summed E-state index contributed by atoms with van der Waals surface area (Å²) in [5, 5.41) is 10.9. The second-order valence-corrected chi connectivity index (χ2v) is 6.68. The van der Waals surface area contributed by atoms with E-state index in [1.54, 1.807) is 0 Å². The third kappa shape index (κ3) is 3.21. The molecule has 96 valence electrons. The monoisotopic (exact) mass is 227 g/mol. The van der Waals surface area contributed by atoms with Crippen LogP contribution in [-0.2, 0) is 0 Å². The van der Waals surface area contributed by atoms with Gasteiger partial charge in [0.25, 0.3) is 0 Å². The molecule has 0 aromatic rings. The highest BCUT2D eigenvalue weighted by Crippen LogP contribution is 2.47. The minimum absolute atomic E-state index is 0.258. The zero-order chi connectivity index (χ0) is 12.4. The molecule has 3 N–H and O–H groups in total. The van der Waals surface area contributed by atoms with Crippen LogP contribution in [0.5, 0.6) is 0 Å². The van der Waals surface area contributed by atoms with Crippen molar-refractivity contribution in [1.82, 2.24) is 0 Å². The summed E-state index contributed by atoms with van der Waals surface area (Å²) in [7, 11) is 0. The van der Waals surface area contributed by atoms with E-state index in [2.05, 4.69) is 27.7 Å². The highest BCUT2D eigenvalue weighted by atomic mass is 16.3. The molecule has 0 amide bonds. The van der Waals surface area contributed by atoms with Gasteiger partial charge in [-0.3, -0.25) is 0 Å². The highest BCUT2D eigenvalue weighted by Gasteiger charge is 2.45. The lowest BCUT2D eigenvalue weighted by molar-refractivity contribution is -0.0987. The van der Waals surface area contributed by atoms with Crippen LogP contribution in [0.3, 0.4) is 0 Å². The van der Waals surface area contributed by atoms with E-state index in [1.165, 1.54) is 6.42 Å². The fraction of sp³-hybridized carbons (Fsp3) is 1.00. The standard InChI is InChI=1S/C14H29NO/c1-5-6-12(9-15)14(16)8-11(2)7-13(3,4)10-14/h11-12,16H,5-10,15H2,1-4H3. The van der Waals surface area contributed by atoms with Crippen molar-refractivity contribution in [3.05, 3.63) is 0 Å². The lowest BCUT2D eigenvalue weighted by Gasteiger charge is -2.48. The van der Waals surface area contributed by atoms with Crippen LogP contribution < -0.4 is 5.73 Å². The zero-order valence-electron chi connectivity index (χ0n) is 11.4. The van der Waals surface area contributed by atoms with Gasteiger partial charge >= 0.3 is 0 Å². The second-order valence-electron chi connectivity index (χ2n) is 6.68. The molecule has 1 aliphatic carbocycles. The Kier molecular flexibility index (Phi) is 4.42. The first kappa shape index (κ1) is 14.0. The van der Waals surface area contributed by atoms with Gasteiger partial charge in [0.15, 0.2) is 0 Å². The van der Waals surface area contributed by atoms with Crippen LogP contribution in [0.1, 0.15) is 59.8 Å². The van der Waals surface area contributed by atoms with Crippen molar-refractivity contribution in [1.29, 1.82) is 0 Å². The normalized spacial score (nSPS) is 36.0. The average molecular weight is 227 g/mol.